The summed E-state index contributed by atoms with van der Waals surface area (Å²) >= 11 is 0. The van der Waals surface area contributed by atoms with Crippen molar-refractivity contribution in [1.82, 2.24) is 10.6 Å². The van der Waals surface area contributed by atoms with E-state index in [4.69, 9.17) is 9.47 Å². The molecule has 2 rings (SSSR count). The van der Waals surface area contributed by atoms with Crippen molar-refractivity contribution in [2.45, 2.75) is 89.7 Å². The minimum absolute atomic E-state index is 0.165. The first-order chi connectivity index (χ1) is 9.83. The van der Waals surface area contributed by atoms with Gasteiger partial charge in [0.05, 0.1) is 12.2 Å². The van der Waals surface area contributed by atoms with Crippen LogP contribution in [0.1, 0.15) is 59.8 Å². The fraction of sp³-hybridized carbons (Fsp3) is 0.938. The summed E-state index contributed by atoms with van der Waals surface area (Å²) in [4.78, 5) is 11.9. The maximum atomic E-state index is 11.9. The van der Waals surface area contributed by atoms with E-state index in [2.05, 4.69) is 17.6 Å². The molecule has 2 fully saturated rings. The second-order valence-electron chi connectivity index (χ2n) is 7.34. The quantitative estimate of drug-likeness (QED) is 0.837. The summed E-state index contributed by atoms with van der Waals surface area (Å²) in [6.07, 6.45) is 5.93. The third-order valence-corrected chi connectivity index (χ3v) is 4.15. The van der Waals surface area contributed by atoms with E-state index < -0.39 is 5.60 Å². The van der Waals surface area contributed by atoms with Gasteiger partial charge in [-0.05, 0) is 59.8 Å². The summed E-state index contributed by atoms with van der Waals surface area (Å²) in [5.74, 6) is 0. The zero-order valence-corrected chi connectivity index (χ0v) is 13.8. The van der Waals surface area contributed by atoms with E-state index >= 15 is 0 Å². The summed E-state index contributed by atoms with van der Waals surface area (Å²) in [7, 11) is 0. The van der Waals surface area contributed by atoms with Gasteiger partial charge in [0.15, 0.2) is 0 Å². The Balaban J connectivity index is 1.73. The Bertz CT molecular complexity index is 354. The van der Waals surface area contributed by atoms with E-state index in [1.165, 1.54) is 0 Å². The molecule has 0 aromatic carbocycles. The normalized spacial score (nSPS) is 33.1. The second-order valence-corrected chi connectivity index (χ2v) is 7.34. The topological polar surface area (TPSA) is 59.6 Å². The first-order valence-corrected chi connectivity index (χ1v) is 8.22. The van der Waals surface area contributed by atoms with Crippen LogP contribution in [0, 0.1) is 0 Å². The fourth-order valence-corrected chi connectivity index (χ4v) is 3.15. The van der Waals surface area contributed by atoms with Crippen LogP contribution in [0.15, 0.2) is 0 Å². The Morgan fingerprint density at radius 3 is 2.52 bits per heavy atom. The van der Waals surface area contributed by atoms with Crippen molar-refractivity contribution in [2.24, 2.45) is 0 Å². The largest absolute Gasteiger partial charge is 0.444 e. The van der Waals surface area contributed by atoms with Crippen LogP contribution >= 0.6 is 0 Å². The standard InChI is InChI=1S/C16H30N2O3/c1-11-8-9-12(20-11)10-17-13-6-5-7-14(13)18-15(19)21-16(2,3)4/h11-14,17H,5-10H2,1-4H3,(H,18,19). The van der Waals surface area contributed by atoms with Gasteiger partial charge in [0.1, 0.15) is 5.60 Å². The van der Waals surface area contributed by atoms with Gasteiger partial charge < -0.3 is 20.1 Å². The number of ether oxygens (including phenoxy) is 2. The van der Waals surface area contributed by atoms with Gasteiger partial charge in [0, 0.05) is 18.6 Å². The monoisotopic (exact) mass is 298 g/mol. The molecule has 0 aromatic rings. The van der Waals surface area contributed by atoms with Gasteiger partial charge in [-0.3, -0.25) is 0 Å². The maximum Gasteiger partial charge on any atom is 0.407 e. The van der Waals surface area contributed by atoms with Crippen LogP contribution in [0.25, 0.3) is 0 Å². The van der Waals surface area contributed by atoms with Crippen LogP contribution in [0.4, 0.5) is 4.79 Å². The van der Waals surface area contributed by atoms with Crippen molar-refractivity contribution >= 4 is 6.09 Å². The molecule has 1 aliphatic heterocycles. The molecule has 0 spiro atoms. The highest BCUT2D eigenvalue weighted by Crippen LogP contribution is 2.22. The van der Waals surface area contributed by atoms with Gasteiger partial charge in [-0.2, -0.15) is 0 Å². The number of rotatable bonds is 4. The molecule has 21 heavy (non-hydrogen) atoms. The van der Waals surface area contributed by atoms with Crippen LogP contribution in [0.3, 0.4) is 0 Å². The van der Waals surface area contributed by atoms with Crippen LogP contribution in [0.5, 0.6) is 0 Å². The van der Waals surface area contributed by atoms with E-state index in [1.54, 1.807) is 0 Å². The molecule has 1 saturated carbocycles. The molecular weight excluding hydrogens is 268 g/mol. The summed E-state index contributed by atoms with van der Waals surface area (Å²) in [6.45, 7) is 8.66. The number of nitrogens with one attached hydrogen (secondary N) is 2. The molecular formula is C16H30N2O3. The highest BCUT2D eigenvalue weighted by molar-refractivity contribution is 5.68. The van der Waals surface area contributed by atoms with E-state index in [0.717, 1.165) is 38.6 Å². The van der Waals surface area contributed by atoms with Gasteiger partial charge >= 0.3 is 6.09 Å². The first kappa shape index (κ1) is 16.6. The van der Waals surface area contributed by atoms with Crippen molar-refractivity contribution in [3.63, 3.8) is 0 Å². The number of hydrogen-bond donors (Lipinski definition) is 2. The predicted octanol–water partition coefficient (Wildman–Crippen LogP) is 2.59. The van der Waals surface area contributed by atoms with Gasteiger partial charge in [-0.25, -0.2) is 4.79 Å². The van der Waals surface area contributed by atoms with Gasteiger partial charge in [0.25, 0.3) is 0 Å². The lowest BCUT2D eigenvalue weighted by Crippen LogP contribution is -2.49. The number of carbonyl (C=O) groups excluding carboxylic acids is 1. The Morgan fingerprint density at radius 1 is 1.19 bits per heavy atom. The van der Waals surface area contributed by atoms with Crippen molar-refractivity contribution in [3.05, 3.63) is 0 Å². The SMILES string of the molecule is CC1CCC(CNC2CCCC2NC(=O)OC(C)(C)C)O1. The number of alkyl carbamates (subject to hydrolysis) is 1. The third kappa shape index (κ3) is 5.47. The summed E-state index contributed by atoms with van der Waals surface area (Å²) < 4.78 is 11.2. The van der Waals surface area contributed by atoms with Crippen molar-refractivity contribution in [1.29, 1.82) is 0 Å². The molecule has 122 valence electrons. The Kier molecular flexibility index (Phi) is 5.49. The lowest BCUT2D eigenvalue weighted by molar-refractivity contribution is 0.0477. The smallest absolute Gasteiger partial charge is 0.407 e. The summed E-state index contributed by atoms with van der Waals surface area (Å²) in [5, 5.41) is 6.57. The number of hydrogen-bond acceptors (Lipinski definition) is 4. The molecule has 4 atom stereocenters. The van der Waals surface area contributed by atoms with E-state index in [0.29, 0.717) is 18.2 Å². The van der Waals surface area contributed by atoms with Crippen molar-refractivity contribution in [2.75, 3.05) is 6.54 Å². The zero-order chi connectivity index (χ0) is 15.5. The molecule has 4 unspecified atom stereocenters. The van der Waals surface area contributed by atoms with E-state index in [1.807, 2.05) is 20.8 Å². The molecule has 0 bridgehead atoms. The molecule has 5 nitrogen and oxygen atoms in total. The molecule has 1 aliphatic carbocycles. The molecule has 5 heteroatoms. The van der Waals surface area contributed by atoms with Gasteiger partial charge in [-0.15, -0.1) is 0 Å². The number of amides is 1. The van der Waals surface area contributed by atoms with Crippen LogP contribution in [-0.4, -0.2) is 42.5 Å². The molecule has 1 heterocycles. The molecule has 2 aliphatic rings. The highest BCUT2D eigenvalue weighted by atomic mass is 16.6. The third-order valence-electron chi connectivity index (χ3n) is 4.15. The fourth-order valence-electron chi connectivity index (χ4n) is 3.15. The summed E-state index contributed by atoms with van der Waals surface area (Å²) in [5.41, 5.74) is -0.445. The lowest BCUT2D eigenvalue weighted by Gasteiger charge is -2.26. The van der Waals surface area contributed by atoms with E-state index in [-0.39, 0.29) is 12.1 Å². The Morgan fingerprint density at radius 2 is 1.90 bits per heavy atom. The zero-order valence-electron chi connectivity index (χ0n) is 13.8. The van der Waals surface area contributed by atoms with Crippen LogP contribution in [-0.2, 0) is 9.47 Å². The number of carbonyl (C=O) groups is 1. The molecule has 0 aromatic heterocycles. The second kappa shape index (κ2) is 6.97. The minimum atomic E-state index is -0.445. The highest BCUT2D eigenvalue weighted by Gasteiger charge is 2.31. The summed E-state index contributed by atoms with van der Waals surface area (Å²) in [6, 6.07) is 0.496. The van der Waals surface area contributed by atoms with E-state index in [9.17, 15) is 4.79 Å². The van der Waals surface area contributed by atoms with Gasteiger partial charge in [0.2, 0.25) is 0 Å². The molecule has 2 N–H and O–H groups in total. The van der Waals surface area contributed by atoms with Gasteiger partial charge in [-0.1, -0.05) is 0 Å². The van der Waals surface area contributed by atoms with Crippen molar-refractivity contribution in [3.8, 4) is 0 Å². The maximum absolute atomic E-state index is 11.9. The molecule has 0 radical (unpaired) electrons. The minimum Gasteiger partial charge on any atom is -0.444 e. The first-order valence-electron chi connectivity index (χ1n) is 8.22. The molecule has 1 amide bonds. The molecule has 1 saturated heterocycles. The van der Waals surface area contributed by atoms with Crippen LogP contribution < -0.4 is 10.6 Å². The average Bonchev–Trinajstić information content (AvgIpc) is 2.93. The lowest BCUT2D eigenvalue weighted by atomic mass is 10.1. The Labute approximate surface area is 128 Å². The Hall–Kier alpha value is -0.810. The van der Waals surface area contributed by atoms with Crippen LogP contribution in [0.2, 0.25) is 0 Å². The van der Waals surface area contributed by atoms with Crippen molar-refractivity contribution < 1.29 is 14.3 Å². The average molecular weight is 298 g/mol. The predicted molar refractivity (Wildman–Crippen MR) is 82.4 cm³/mol.